The Hall–Kier alpha value is -0.660. The van der Waals surface area contributed by atoms with Crippen LogP contribution in [0.4, 0.5) is 0 Å². The largest absolute Gasteiger partial charge is 0.264 e. The monoisotopic (exact) mass is 234 g/mol. The molecule has 0 saturated heterocycles. The number of hydrogen-bond donors (Lipinski definition) is 0. The van der Waals surface area contributed by atoms with Crippen molar-refractivity contribution in [3.63, 3.8) is 0 Å². The molecule has 1 saturated carbocycles. The highest BCUT2D eigenvalue weighted by molar-refractivity contribution is 6.06. The Morgan fingerprint density at radius 3 is 2.71 bits per heavy atom. The molecule has 0 N–H and O–H groups in total. The standard InChI is InChI=1S/C15H26N2/c1-4-7-14-16-11-13(17-14)15(6-3)9-8-12(5-2)10-15/h12H,4-11H2,1-3H3. The first-order valence-electron chi connectivity index (χ1n) is 7.35. The van der Waals surface area contributed by atoms with E-state index >= 15 is 0 Å². The molecule has 1 aliphatic heterocycles. The van der Waals surface area contributed by atoms with Crippen LogP contribution < -0.4 is 0 Å². The van der Waals surface area contributed by atoms with Crippen molar-refractivity contribution in [3.8, 4) is 0 Å². The van der Waals surface area contributed by atoms with Crippen LogP contribution in [0.3, 0.4) is 0 Å². The van der Waals surface area contributed by atoms with Crippen LogP contribution in [-0.4, -0.2) is 18.1 Å². The predicted molar refractivity (Wildman–Crippen MR) is 75.0 cm³/mol. The van der Waals surface area contributed by atoms with Gasteiger partial charge in [0.15, 0.2) is 0 Å². The molecule has 0 bridgehead atoms. The first-order chi connectivity index (χ1) is 8.24. The minimum absolute atomic E-state index is 0.402. The number of hydrogen-bond acceptors (Lipinski definition) is 2. The molecule has 0 radical (unpaired) electrons. The van der Waals surface area contributed by atoms with E-state index < -0.39 is 0 Å². The number of rotatable bonds is 5. The first-order valence-corrected chi connectivity index (χ1v) is 7.35. The molecule has 17 heavy (non-hydrogen) atoms. The van der Waals surface area contributed by atoms with E-state index in [0.717, 1.165) is 31.1 Å². The summed E-state index contributed by atoms with van der Waals surface area (Å²) < 4.78 is 0. The fraction of sp³-hybridized carbons (Fsp3) is 0.867. The summed E-state index contributed by atoms with van der Waals surface area (Å²) in [6.07, 6.45) is 8.89. The molecule has 0 amide bonds. The molecule has 1 heterocycles. The van der Waals surface area contributed by atoms with Crippen molar-refractivity contribution in [2.45, 2.75) is 65.7 Å². The molecule has 2 rings (SSSR count). The van der Waals surface area contributed by atoms with E-state index in [4.69, 9.17) is 4.99 Å². The van der Waals surface area contributed by atoms with Crippen molar-refractivity contribution in [2.75, 3.05) is 6.54 Å². The zero-order valence-electron chi connectivity index (χ0n) is 11.6. The van der Waals surface area contributed by atoms with Gasteiger partial charge in [0.1, 0.15) is 5.84 Å². The van der Waals surface area contributed by atoms with Crippen LogP contribution in [0.1, 0.15) is 65.7 Å². The van der Waals surface area contributed by atoms with Gasteiger partial charge in [0.2, 0.25) is 0 Å². The lowest BCUT2D eigenvalue weighted by Crippen LogP contribution is -2.29. The SMILES string of the molecule is CCCC1=NCC(C2(CC)CCC(CC)C2)=N1. The van der Waals surface area contributed by atoms with E-state index in [1.807, 2.05) is 0 Å². The van der Waals surface area contributed by atoms with Gasteiger partial charge in [0.05, 0.1) is 6.54 Å². The molecule has 2 unspecified atom stereocenters. The van der Waals surface area contributed by atoms with Crippen LogP contribution in [0.25, 0.3) is 0 Å². The van der Waals surface area contributed by atoms with Crippen LogP contribution in [0.15, 0.2) is 9.98 Å². The van der Waals surface area contributed by atoms with Gasteiger partial charge in [-0.1, -0.05) is 27.2 Å². The summed E-state index contributed by atoms with van der Waals surface area (Å²) in [6, 6.07) is 0. The first kappa shape index (κ1) is 12.8. The highest BCUT2D eigenvalue weighted by Crippen LogP contribution is 2.47. The quantitative estimate of drug-likeness (QED) is 0.679. The van der Waals surface area contributed by atoms with Gasteiger partial charge in [-0.25, -0.2) is 4.99 Å². The van der Waals surface area contributed by atoms with E-state index in [2.05, 4.69) is 25.8 Å². The predicted octanol–water partition coefficient (Wildman–Crippen LogP) is 4.25. The van der Waals surface area contributed by atoms with Crippen LogP contribution in [0, 0.1) is 11.3 Å². The Balaban J connectivity index is 2.08. The van der Waals surface area contributed by atoms with Crippen LogP contribution in [0.2, 0.25) is 0 Å². The Morgan fingerprint density at radius 2 is 2.12 bits per heavy atom. The molecule has 1 fully saturated rings. The van der Waals surface area contributed by atoms with E-state index in [1.165, 1.54) is 37.8 Å². The van der Waals surface area contributed by atoms with E-state index in [0.29, 0.717) is 5.41 Å². The molecule has 2 atom stereocenters. The maximum absolute atomic E-state index is 4.84. The Labute approximate surface area is 106 Å². The van der Waals surface area contributed by atoms with Crippen molar-refractivity contribution in [1.29, 1.82) is 0 Å². The van der Waals surface area contributed by atoms with Crippen molar-refractivity contribution in [3.05, 3.63) is 0 Å². The van der Waals surface area contributed by atoms with Crippen LogP contribution >= 0.6 is 0 Å². The molecular formula is C15H26N2. The van der Waals surface area contributed by atoms with E-state index in [1.54, 1.807) is 0 Å². The molecule has 0 aromatic carbocycles. The molecule has 0 aromatic rings. The second-order valence-electron chi connectivity index (χ2n) is 5.69. The van der Waals surface area contributed by atoms with Gasteiger partial charge in [0, 0.05) is 17.5 Å². The molecular weight excluding hydrogens is 208 g/mol. The van der Waals surface area contributed by atoms with E-state index in [-0.39, 0.29) is 0 Å². The fourth-order valence-electron chi connectivity index (χ4n) is 3.41. The molecule has 0 aromatic heterocycles. The summed E-state index contributed by atoms with van der Waals surface area (Å²) in [7, 11) is 0. The maximum Gasteiger partial charge on any atom is 0.123 e. The summed E-state index contributed by atoms with van der Waals surface area (Å²) in [4.78, 5) is 9.45. The summed E-state index contributed by atoms with van der Waals surface area (Å²) in [5, 5.41) is 0. The zero-order chi connectivity index (χ0) is 12.3. The number of amidine groups is 1. The van der Waals surface area contributed by atoms with Gasteiger partial charge >= 0.3 is 0 Å². The van der Waals surface area contributed by atoms with Crippen molar-refractivity contribution >= 4 is 11.5 Å². The van der Waals surface area contributed by atoms with Crippen LogP contribution in [0.5, 0.6) is 0 Å². The zero-order valence-corrected chi connectivity index (χ0v) is 11.6. The second-order valence-corrected chi connectivity index (χ2v) is 5.69. The van der Waals surface area contributed by atoms with Crippen molar-refractivity contribution in [1.82, 2.24) is 0 Å². The lowest BCUT2D eigenvalue weighted by atomic mass is 9.77. The minimum Gasteiger partial charge on any atom is -0.264 e. The Bertz CT molecular complexity index is 330. The van der Waals surface area contributed by atoms with E-state index in [9.17, 15) is 0 Å². The summed E-state index contributed by atoms with van der Waals surface area (Å²) in [5.74, 6) is 2.03. The highest BCUT2D eigenvalue weighted by atomic mass is 15.0. The van der Waals surface area contributed by atoms with Gasteiger partial charge in [-0.05, 0) is 38.0 Å². The van der Waals surface area contributed by atoms with Gasteiger partial charge < -0.3 is 0 Å². The number of aliphatic imine (C=N–C) groups is 2. The molecule has 1 aliphatic carbocycles. The molecule has 2 aliphatic rings. The molecule has 96 valence electrons. The summed E-state index contributed by atoms with van der Waals surface area (Å²) in [5.41, 5.74) is 1.80. The third-order valence-electron chi connectivity index (χ3n) is 4.73. The normalized spacial score (nSPS) is 32.8. The van der Waals surface area contributed by atoms with Gasteiger partial charge in [-0.2, -0.15) is 0 Å². The lowest BCUT2D eigenvalue weighted by molar-refractivity contribution is 0.388. The Kier molecular flexibility index (Phi) is 4.01. The van der Waals surface area contributed by atoms with Gasteiger partial charge in [-0.3, -0.25) is 4.99 Å². The topological polar surface area (TPSA) is 24.7 Å². The smallest absolute Gasteiger partial charge is 0.123 e. The summed E-state index contributed by atoms with van der Waals surface area (Å²) in [6.45, 7) is 7.75. The third-order valence-corrected chi connectivity index (χ3v) is 4.73. The molecule has 2 nitrogen and oxygen atoms in total. The Morgan fingerprint density at radius 1 is 1.29 bits per heavy atom. The van der Waals surface area contributed by atoms with Crippen molar-refractivity contribution in [2.24, 2.45) is 21.3 Å². The maximum atomic E-state index is 4.84. The van der Waals surface area contributed by atoms with Crippen molar-refractivity contribution < 1.29 is 0 Å². The second kappa shape index (κ2) is 5.32. The van der Waals surface area contributed by atoms with Crippen LogP contribution in [-0.2, 0) is 0 Å². The fourth-order valence-corrected chi connectivity index (χ4v) is 3.41. The third kappa shape index (κ3) is 2.46. The lowest BCUT2D eigenvalue weighted by Gasteiger charge is -2.27. The average molecular weight is 234 g/mol. The number of nitrogens with zero attached hydrogens (tertiary/aromatic N) is 2. The summed E-state index contributed by atoms with van der Waals surface area (Å²) >= 11 is 0. The highest BCUT2D eigenvalue weighted by Gasteiger charge is 2.41. The molecule has 2 heteroatoms. The van der Waals surface area contributed by atoms with Gasteiger partial charge in [-0.15, -0.1) is 0 Å². The average Bonchev–Trinajstić information content (AvgIpc) is 2.96. The van der Waals surface area contributed by atoms with Gasteiger partial charge in [0.25, 0.3) is 0 Å². The molecule has 0 spiro atoms. The minimum atomic E-state index is 0.402.